The Morgan fingerprint density at radius 2 is 1.84 bits per heavy atom. The Hall–Kier alpha value is -3.67. The van der Waals surface area contributed by atoms with Gasteiger partial charge in [0.1, 0.15) is 11.9 Å². The molecule has 0 aliphatic heterocycles. The lowest BCUT2D eigenvalue weighted by atomic mass is 9.89. The molecule has 4 aromatic rings. The zero-order valence-corrected chi connectivity index (χ0v) is 21.7. The number of halogens is 1. The summed E-state index contributed by atoms with van der Waals surface area (Å²) in [6.07, 6.45) is 5.16. The highest BCUT2D eigenvalue weighted by Gasteiger charge is 2.36. The highest BCUT2D eigenvalue weighted by molar-refractivity contribution is 5.91. The molecule has 1 unspecified atom stereocenters. The standard InChI is InChI=1S/C32H33FN2O3/c1-2-28(32(37)38)35-29-14-12-23(33)17-26(29)27-18-24(13-15-30(27)35)34(19-20-10-11-20)31(36)16-22-8-5-7-21-6-3-4-9-25(21)22/h3-9,12,14,17,20,24,28H,2,10-11,13,15-16,18-19H2,1H3,(H,37,38)/t24-,28?/m0/s1. The van der Waals surface area contributed by atoms with Crippen LogP contribution < -0.4 is 0 Å². The van der Waals surface area contributed by atoms with Crippen molar-refractivity contribution in [2.75, 3.05) is 6.54 Å². The van der Waals surface area contributed by atoms with Crippen LogP contribution in [0.2, 0.25) is 0 Å². The number of rotatable bonds is 8. The van der Waals surface area contributed by atoms with Gasteiger partial charge in [0.25, 0.3) is 0 Å². The number of hydrogen-bond donors (Lipinski definition) is 1. The molecule has 6 heteroatoms. The molecule has 196 valence electrons. The van der Waals surface area contributed by atoms with Crippen molar-refractivity contribution in [1.29, 1.82) is 0 Å². The van der Waals surface area contributed by atoms with Crippen LogP contribution in [-0.4, -0.2) is 39.0 Å². The van der Waals surface area contributed by atoms with Gasteiger partial charge in [0.15, 0.2) is 0 Å². The van der Waals surface area contributed by atoms with Gasteiger partial charge in [-0.3, -0.25) is 4.79 Å². The number of aliphatic carboxylic acids is 1. The Bertz CT molecular complexity index is 1530. The molecule has 1 fully saturated rings. The first-order valence-electron chi connectivity index (χ1n) is 13.7. The average molecular weight is 513 g/mol. The first kappa shape index (κ1) is 24.7. The second-order valence-electron chi connectivity index (χ2n) is 10.9. The van der Waals surface area contributed by atoms with Crippen molar-refractivity contribution in [3.63, 3.8) is 0 Å². The SMILES string of the molecule is CCC(C(=O)O)n1c2c(c3cc(F)ccc31)C[C@@H](N(CC1CC1)C(=O)Cc1cccc3ccccc13)CC2. The fourth-order valence-corrected chi connectivity index (χ4v) is 6.38. The smallest absolute Gasteiger partial charge is 0.326 e. The molecule has 6 rings (SSSR count). The fourth-order valence-electron chi connectivity index (χ4n) is 6.38. The van der Waals surface area contributed by atoms with Gasteiger partial charge in [-0.05, 0) is 84.5 Å². The molecule has 0 spiro atoms. The molecule has 0 bridgehead atoms. The van der Waals surface area contributed by atoms with Gasteiger partial charge in [0, 0.05) is 29.2 Å². The summed E-state index contributed by atoms with van der Waals surface area (Å²) in [6, 6.07) is 18.3. The molecule has 0 radical (unpaired) electrons. The molecule has 1 N–H and O–H groups in total. The fraction of sp³-hybridized carbons (Fsp3) is 0.375. The molecule has 5 nitrogen and oxygen atoms in total. The molecule has 2 aliphatic carbocycles. The number of amides is 1. The van der Waals surface area contributed by atoms with Crippen molar-refractivity contribution in [3.05, 3.63) is 83.3 Å². The number of fused-ring (bicyclic) bond motifs is 4. The number of nitrogens with zero attached hydrogens (tertiary/aromatic N) is 2. The van der Waals surface area contributed by atoms with Crippen molar-refractivity contribution in [3.8, 4) is 0 Å². The third kappa shape index (κ3) is 4.46. The van der Waals surface area contributed by atoms with E-state index in [9.17, 15) is 19.1 Å². The quantitative estimate of drug-likeness (QED) is 0.301. The molecular formula is C32H33FN2O3. The molecule has 3 aromatic carbocycles. The van der Waals surface area contributed by atoms with E-state index < -0.39 is 12.0 Å². The van der Waals surface area contributed by atoms with Crippen molar-refractivity contribution >= 4 is 33.6 Å². The van der Waals surface area contributed by atoms with Gasteiger partial charge in [-0.15, -0.1) is 0 Å². The second-order valence-corrected chi connectivity index (χ2v) is 10.9. The second kappa shape index (κ2) is 9.90. The molecule has 1 heterocycles. The van der Waals surface area contributed by atoms with E-state index in [1.807, 2.05) is 35.8 Å². The van der Waals surface area contributed by atoms with E-state index in [0.29, 0.717) is 31.6 Å². The Labute approximate surface area is 221 Å². The predicted molar refractivity (Wildman–Crippen MR) is 147 cm³/mol. The average Bonchev–Trinajstić information content (AvgIpc) is 3.69. The van der Waals surface area contributed by atoms with E-state index >= 15 is 0 Å². The van der Waals surface area contributed by atoms with Gasteiger partial charge in [0.05, 0.1) is 6.42 Å². The number of aromatic nitrogens is 1. The minimum absolute atomic E-state index is 0.0119. The van der Waals surface area contributed by atoms with Crippen LogP contribution in [0.1, 0.15) is 55.5 Å². The Balaban J connectivity index is 1.35. The van der Waals surface area contributed by atoms with Crippen molar-refractivity contribution in [2.45, 2.75) is 64.0 Å². The monoisotopic (exact) mass is 512 g/mol. The van der Waals surface area contributed by atoms with Gasteiger partial charge in [-0.2, -0.15) is 0 Å². The Morgan fingerprint density at radius 3 is 2.61 bits per heavy atom. The summed E-state index contributed by atoms with van der Waals surface area (Å²) in [5.74, 6) is -0.527. The Morgan fingerprint density at radius 1 is 1.05 bits per heavy atom. The summed E-state index contributed by atoms with van der Waals surface area (Å²) in [6.45, 7) is 2.62. The third-order valence-electron chi connectivity index (χ3n) is 8.45. The third-order valence-corrected chi connectivity index (χ3v) is 8.45. The number of carbonyl (C=O) groups excluding carboxylic acids is 1. The van der Waals surface area contributed by atoms with Gasteiger partial charge < -0.3 is 14.6 Å². The number of hydrogen-bond acceptors (Lipinski definition) is 2. The van der Waals surface area contributed by atoms with E-state index in [0.717, 1.165) is 64.3 Å². The molecule has 38 heavy (non-hydrogen) atoms. The van der Waals surface area contributed by atoms with Crippen molar-refractivity contribution < 1.29 is 19.1 Å². The normalized spacial score (nSPS) is 17.9. The first-order chi connectivity index (χ1) is 18.4. The van der Waals surface area contributed by atoms with Crippen LogP contribution in [-0.2, 0) is 28.9 Å². The molecule has 2 aliphatic rings. The molecule has 2 atom stereocenters. The van der Waals surface area contributed by atoms with Gasteiger partial charge in [-0.25, -0.2) is 9.18 Å². The Kier molecular flexibility index (Phi) is 6.42. The number of benzene rings is 3. The van der Waals surface area contributed by atoms with Gasteiger partial charge in [-0.1, -0.05) is 49.4 Å². The molecule has 1 amide bonds. The van der Waals surface area contributed by atoms with Crippen LogP contribution in [0.25, 0.3) is 21.7 Å². The van der Waals surface area contributed by atoms with E-state index in [2.05, 4.69) is 23.1 Å². The lowest BCUT2D eigenvalue weighted by Crippen LogP contribution is -2.45. The summed E-state index contributed by atoms with van der Waals surface area (Å²) in [5.41, 5.74) is 3.77. The molecule has 0 saturated heterocycles. The first-order valence-corrected chi connectivity index (χ1v) is 13.7. The largest absolute Gasteiger partial charge is 0.480 e. The topological polar surface area (TPSA) is 62.5 Å². The van der Waals surface area contributed by atoms with Crippen LogP contribution in [0.3, 0.4) is 0 Å². The van der Waals surface area contributed by atoms with E-state index in [1.165, 1.54) is 12.1 Å². The van der Waals surface area contributed by atoms with Crippen molar-refractivity contribution in [2.24, 2.45) is 5.92 Å². The maximum atomic E-state index is 14.4. The van der Waals surface area contributed by atoms with Crippen LogP contribution in [0.4, 0.5) is 4.39 Å². The lowest BCUT2D eigenvalue weighted by molar-refractivity contribution is -0.141. The molecular weight excluding hydrogens is 479 g/mol. The number of carboxylic acids is 1. The zero-order chi connectivity index (χ0) is 26.4. The summed E-state index contributed by atoms with van der Waals surface area (Å²) < 4.78 is 16.3. The van der Waals surface area contributed by atoms with E-state index in [-0.39, 0.29) is 17.8 Å². The summed E-state index contributed by atoms with van der Waals surface area (Å²) >= 11 is 0. The lowest BCUT2D eigenvalue weighted by Gasteiger charge is -2.35. The molecule has 1 saturated carbocycles. The summed E-state index contributed by atoms with van der Waals surface area (Å²) in [7, 11) is 0. The predicted octanol–water partition coefficient (Wildman–Crippen LogP) is 6.31. The molecule has 1 aromatic heterocycles. The minimum atomic E-state index is -0.876. The van der Waals surface area contributed by atoms with Crippen LogP contribution in [0.15, 0.2) is 60.7 Å². The van der Waals surface area contributed by atoms with Crippen molar-refractivity contribution in [1.82, 2.24) is 9.47 Å². The maximum Gasteiger partial charge on any atom is 0.326 e. The van der Waals surface area contributed by atoms with E-state index in [4.69, 9.17) is 0 Å². The van der Waals surface area contributed by atoms with Crippen LogP contribution in [0, 0.1) is 11.7 Å². The van der Waals surface area contributed by atoms with Crippen LogP contribution in [0.5, 0.6) is 0 Å². The zero-order valence-electron chi connectivity index (χ0n) is 21.7. The van der Waals surface area contributed by atoms with Gasteiger partial charge >= 0.3 is 5.97 Å². The minimum Gasteiger partial charge on any atom is -0.480 e. The van der Waals surface area contributed by atoms with Gasteiger partial charge in [0.2, 0.25) is 5.91 Å². The highest BCUT2D eigenvalue weighted by atomic mass is 19.1. The number of carbonyl (C=O) groups is 2. The summed E-state index contributed by atoms with van der Waals surface area (Å²) in [5, 5.41) is 13.0. The summed E-state index contributed by atoms with van der Waals surface area (Å²) in [4.78, 5) is 28.1. The van der Waals surface area contributed by atoms with Crippen LogP contribution >= 0.6 is 0 Å². The maximum absolute atomic E-state index is 14.4. The highest BCUT2D eigenvalue weighted by Crippen LogP contribution is 2.39. The number of carboxylic acid groups (broad SMARTS) is 1. The van der Waals surface area contributed by atoms with E-state index in [1.54, 1.807) is 6.07 Å².